The van der Waals surface area contributed by atoms with Gasteiger partial charge in [-0.05, 0) is 25.9 Å². The molecule has 0 saturated heterocycles. The minimum atomic E-state index is 0.397. The Balaban J connectivity index is 3.34. The predicted molar refractivity (Wildman–Crippen MR) is 77.1 cm³/mol. The van der Waals surface area contributed by atoms with Crippen LogP contribution in [0.1, 0.15) is 56.7 Å². The number of aromatic nitrogens is 2. The zero-order valence-electron chi connectivity index (χ0n) is 12.7. The summed E-state index contributed by atoms with van der Waals surface area (Å²) in [7, 11) is 6.03. The number of rotatable bonds is 5. The molecule has 1 heterocycles. The Hall–Kier alpha value is -1.16. The molecule has 0 unspecified atom stereocenters. The first-order valence-electron chi connectivity index (χ1n) is 6.60. The predicted octanol–water partition coefficient (Wildman–Crippen LogP) is 2.83. The van der Waals surface area contributed by atoms with Gasteiger partial charge in [0.25, 0.3) is 0 Å². The van der Waals surface area contributed by atoms with E-state index in [-0.39, 0.29) is 0 Å². The highest BCUT2D eigenvalue weighted by Crippen LogP contribution is 2.29. The zero-order chi connectivity index (χ0) is 13.9. The minimum absolute atomic E-state index is 0.397. The van der Waals surface area contributed by atoms with Crippen molar-refractivity contribution in [3.8, 4) is 0 Å². The summed E-state index contributed by atoms with van der Waals surface area (Å²) < 4.78 is 0. The summed E-state index contributed by atoms with van der Waals surface area (Å²) in [4.78, 5) is 11.5. The van der Waals surface area contributed by atoms with E-state index < -0.39 is 0 Å². The van der Waals surface area contributed by atoms with Gasteiger partial charge in [-0.2, -0.15) is 0 Å². The van der Waals surface area contributed by atoms with E-state index in [0.717, 1.165) is 29.4 Å². The van der Waals surface area contributed by atoms with E-state index in [2.05, 4.69) is 37.9 Å². The number of hydrogen-bond acceptors (Lipinski definition) is 4. The summed E-state index contributed by atoms with van der Waals surface area (Å²) in [6.45, 7) is 9.47. The molecule has 1 N–H and O–H groups in total. The third-order valence-electron chi connectivity index (χ3n) is 2.81. The summed E-state index contributed by atoms with van der Waals surface area (Å²) in [5.74, 6) is 1.70. The van der Waals surface area contributed by atoms with Crippen molar-refractivity contribution in [1.29, 1.82) is 0 Å². The topological polar surface area (TPSA) is 41.1 Å². The Labute approximate surface area is 111 Å². The van der Waals surface area contributed by atoms with Crippen LogP contribution in [0.2, 0.25) is 0 Å². The van der Waals surface area contributed by atoms with Crippen molar-refractivity contribution in [2.24, 2.45) is 0 Å². The molecule has 0 aromatic carbocycles. The summed E-state index contributed by atoms with van der Waals surface area (Å²) >= 11 is 0. The fourth-order valence-electron chi connectivity index (χ4n) is 1.99. The Bertz CT molecular complexity index is 368. The van der Waals surface area contributed by atoms with E-state index in [1.54, 1.807) is 0 Å². The maximum Gasteiger partial charge on any atom is 0.143 e. The van der Waals surface area contributed by atoms with Crippen LogP contribution < -0.4 is 5.32 Å². The van der Waals surface area contributed by atoms with Crippen molar-refractivity contribution < 1.29 is 0 Å². The molecule has 102 valence electrons. The van der Waals surface area contributed by atoms with Gasteiger partial charge in [0.15, 0.2) is 0 Å². The van der Waals surface area contributed by atoms with Crippen LogP contribution in [0.15, 0.2) is 0 Å². The van der Waals surface area contributed by atoms with E-state index in [1.807, 2.05) is 21.1 Å². The van der Waals surface area contributed by atoms with Crippen LogP contribution in [-0.2, 0) is 6.54 Å². The van der Waals surface area contributed by atoms with Crippen molar-refractivity contribution in [1.82, 2.24) is 14.9 Å². The van der Waals surface area contributed by atoms with Gasteiger partial charge in [-0.15, -0.1) is 0 Å². The molecule has 4 heteroatoms. The molecule has 0 atom stereocenters. The minimum Gasteiger partial charge on any atom is -0.385 e. The van der Waals surface area contributed by atoms with Gasteiger partial charge in [0.2, 0.25) is 0 Å². The van der Waals surface area contributed by atoms with Crippen LogP contribution in [-0.4, -0.2) is 36.0 Å². The molecule has 0 saturated carbocycles. The Morgan fingerprint density at radius 3 is 1.72 bits per heavy atom. The molecule has 0 radical (unpaired) electrons. The molecule has 1 aromatic rings. The van der Waals surface area contributed by atoms with Crippen LogP contribution in [0.3, 0.4) is 0 Å². The number of nitrogens with one attached hydrogen (secondary N) is 1. The van der Waals surface area contributed by atoms with Crippen molar-refractivity contribution in [3.05, 3.63) is 17.2 Å². The quantitative estimate of drug-likeness (QED) is 0.872. The fraction of sp³-hybridized carbons (Fsp3) is 0.714. The summed E-state index contributed by atoms with van der Waals surface area (Å²) in [6.07, 6.45) is 0. The van der Waals surface area contributed by atoms with Gasteiger partial charge in [0, 0.05) is 7.05 Å². The molecular weight excluding hydrogens is 224 g/mol. The lowest BCUT2D eigenvalue weighted by Gasteiger charge is -2.20. The molecule has 0 amide bonds. The Kier molecular flexibility index (Phi) is 5.08. The fourth-order valence-corrected chi connectivity index (χ4v) is 1.99. The maximum absolute atomic E-state index is 4.71. The highest BCUT2D eigenvalue weighted by molar-refractivity contribution is 5.54. The molecule has 1 aromatic heterocycles. The van der Waals surface area contributed by atoms with Crippen LogP contribution in [0.25, 0.3) is 0 Å². The van der Waals surface area contributed by atoms with E-state index >= 15 is 0 Å². The standard InChI is InChI=1S/C14H26N4/c1-9(2)12-14(15-5)13(10(3)4)17-11(16-12)8-18(6)7/h9-10,15H,8H2,1-7H3. The maximum atomic E-state index is 4.71. The Morgan fingerprint density at radius 1 is 1.00 bits per heavy atom. The van der Waals surface area contributed by atoms with Crippen molar-refractivity contribution in [2.45, 2.75) is 46.1 Å². The van der Waals surface area contributed by atoms with Crippen molar-refractivity contribution in [2.75, 3.05) is 26.5 Å². The van der Waals surface area contributed by atoms with Gasteiger partial charge < -0.3 is 10.2 Å². The first-order valence-corrected chi connectivity index (χ1v) is 6.60. The van der Waals surface area contributed by atoms with Crippen molar-refractivity contribution in [3.63, 3.8) is 0 Å². The number of nitrogens with zero attached hydrogens (tertiary/aromatic N) is 3. The molecule has 0 bridgehead atoms. The van der Waals surface area contributed by atoms with Crippen LogP contribution in [0.4, 0.5) is 5.69 Å². The average molecular weight is 250 g/mol. The van der Waals surface area contributed by atoms with Gasteiger partial charge in [-0.25, -0.2) is 9.97 Å². The van der Waals surface area contributed by atoms with E-state index in [4.69, 9.17) is 9.97 Å². The van der Waals surface area contributed by atoms with Crippen LogP contribution in [0.5, 0.6) is 0 Å². The third-order valence-corrected chi connectivity index (χ3v) is 2.81. The van der Waals surface area contributed by atoms with Crippen molar-refractivity contribution >= 4 is 5.69 Å². The van der Waals surface area contributed by atoms with Gasteiger partial charge in [0.1, 0.15) is 5.82 Å². The van der Waals surface area contributed by atoms with Gasteiger partial charge in [0.05, 0.1) is 23.6 Å². The summed E-state index contributed by atoms with van der Waals surface area (Å²) in [5, 5.41) is 3.27. The lowest BCUT2D eigenvalue weighted by Crippen LogP contribution is -2.17. The lowest BCUT2D eigenvalue weighted by atomic mass is 10.0. The largest absolute Gasteiger partial charge is 0.385 e. The first kappa shape index (κ1) is 14.9. The molecule has 0 fully saturated rings. The molecule has 0 aliphatic rings. The van der Waals surface area contributed by atoms with Crippen LogP contribution in [0, 0.1) is 0 Å². The first-order chi connectivity index (χ1) is 8.36. The van der Waals surface area contributed by atoms with Crippen LogP contribution >= 0.6 is 0 Å². The smallest absolute Gasteiger partial charge is 0.143 e. The zero-order valence-corrected chi connectivity index (χ0v) is 12.7. The normalized spacial score (nSPS) is 11.7. The summed E-state index contributed by atoms with van der Waals surface area (Å²) in [5.41, 5.74) is 3.34. The molecule has 0 aliphatic carbocycles. The SMILES string of the molecule is CNc1c(C(C)C)nc(CN(C)C)nc1C(C)C. The third kappa shape index (κ3) is 3.42. The highest BCUT2D eigenvalue weighted by atomic mass is 15.1. The molecule has 1 rings (SSSR count). The van der Waals surface area contributed by atoms with Gasteiger partial charge in [-0.3, -0.25) is 0 Å². The Morgan fingerprint density at radius 2 is 1.44 bits per heavy atom. The second-order valence-electron chi connectivity index (χ2n) is 5.58. The molecule has 4 nitrogen and oxygen atoms in total. The molecule has 0 spiro atoms. The number of hydrogen-bond donors (Lipinski definition) is 1. The number of anilines is 1. The summed E-state index contributed by atoms with van der Waals surface area (Å²) in [6, 6.07) is 0. The van der Waals surface area contributed by atoms with E-state index in [0.29, 0.717) is 11.8 Å². The second kappa shape index (κ2) is 6.14. The molecule has 18 heavy (non-hydrogen) atoms. The average Bonchev–Trinajstić information content (AvgIpc) is 2.26. The monoisotopic (exact) mass is 250 g/mol. The molecule has 0 aliphatic heterocycles. The molecular formula is C14H26N4. The van der Waals surface area contributed by atoms with Gasteiger partial charge in [-0.1, -0.05) is 27.7 Å². The van der Waals surface area contributed by atoms with E-state index in [9.17, 15) is 0 Å². The van der Waals surface area contributed by atoms with Gasteiger partial charge >= 0.3 is 0 Å². The highest BCUT2D eigenvalue weighted by Gasteiger charge is 2.18. The second-order valence-corrected chi connectivity index (χ2v) is 5.58. The van der Waals surface area contributed by atoms with E-state index in [1.165, 1.54) is 0 Å². The lowest BCUT2D eigenvalue weighted by molar-refractivity contribution is 0.388.